The topological polar surface area (TPSA) is 66.4 Å². The molecule has 21 heavy (non-hydrogen) atoms. The van der Waals surface area contributed by atoms with E-state index in [0.29, 0.717) is 15.5 Å². The number of thiophene rings is 1. The maximum atomic E-state index is 12.2. The molecule has 4 nitrogen and oxygen atoms in total. The van der Waals surface area contributed by atoms with Gasteiger partial charge in [0.1, 0.15) is 0 Å². The fourth-order valence-electron chi connectivity index (χ4n) is 1.87. The van der Waals surface area contributed by atoms with E-state index in [1.54, 1.807) is 30.3 Å². The van der Waals surface area contributed by atoms with Crippen LogP contribution in [-0.4, -0.2) is 17.0 Å². The number of rotatable bonds is 4. The van der Waals surface area contributed by atoms with Gasteiger partial charge in [0.15, 0.2) is 6.04 Å². The average Bonchev–Trinajstić information content (AvgIpc) is 2.76. The summed E-state index contributed by atoms with van der Waals surface area (Å²) in [6.07, 6.45) is 0. The summed E-state index contributed by atoms with van der Waals surface area (Å²) in [5.74, 6) is -1.56. The predicted molar refractivity (Wildman–Crippen MR) is 83.1 cm³/mol. The van der Waals surface area contributed by atoms with Crippen LogP contribution in [-0.2, 0) is 4.79 Å². The molecule has 0 aliphatic heterocycles. The van der Waals surface area contributed by atoms with E-state index in [1.165, 1.54) is 11.3 Å². The Morgan fingerprint density at radius 1 is 1.29 bits per heavy atom. The molecule has 0 unspecified atom stereocenters. The molecule has 2 N–H and O–H groups in total. The number of carboxylic acid groups (broad SMARTS) is 1. The van der Waals surface area contributed by atoms with Gasteiger partial charge in [-0.1, -0.05) is 29.8 Å². The largest absolute Gasteiger partial charge is 0.479 e. The number of halogens is 1. The molecule has 1 heterocycles. The van der Waals surface area contributed by atoms with Crippen LogP contribution in [0.3, 0.4) is 0 Å². The maximum Gasteiger partial charge on any atom is 0.330 e. The van der Waals surface area contributed by atoms with Crippen molar-refractivity contribution in [1.29, 1.82) is 0 Å². The van der Waals surface area contributed by atoms with Crippen molar-refractivity contribution >= 4 is 34.8 Å². The summed E-state index contributed by atoms with van der Waals surface area (Å²) in [5, 5.41) is 12.2. The number of carbonyl (C=O) groups is 2. The summed E-state index contributed by atoms with van der Waals surface area (Å²) in [6.45, 7) is 3.82. The lowest BCUT2D eigenvalue weighted by Gasteiger charge is -2.15. The second-order valence-electron chi connectivity index (χ2n) is 4.62. The number of aryl methyl sites for hydroxylation is 2. The van der Waals surface area contributed by atoms with Gasteiger partial charge < -0.3 is 10.4 Å². The Morgan fingerprint density at radius 3 is 2.48 bits per heavy atom. The first-order valence-electron chi connectivity index (χ1n) is 6.25. The van der Waals surface area contributed by atoms with E-state index < -0.39 is 17.9 Å². The summed E-state index contributed by atoms with van der Waals surface area (Å²) >= 11 is 7.35. The number of nitrogens with one attached hydrogen (secondary N) is 1. The monoisotopic (exact) mass is 323 g/mol. The minimum Gasteiger partial charge on any atom is -0.479 e. The van der Waals surface area contributed by atoms with Gasteiger partial charge in [-0.15, -0.1) is 11.3 Å². The van der Waals surface area contributed by atoms with Crippen LogP contribution in [0, 0.1) is 13.8 Å². The van der Waals surface area contributed by atoms with Crippen LogP contribution < -0.4 is 5.32 Å². The Kier molecular flexibility index (Phi) is 4.65. The van der Waals surface area contributed by atoms with E-state index in [1.807, 2.05) is 13.8 Å². The first-order chi connectivity index (χ1) is 9.90. The van der Waals surface area contributed by atoms with Crippen molar-refractivity contribution in [2.75, 3.05) is 0 Å². The molecule has 2 aromatic rings. The van der Waals surface area contributed by atoms with Crippen LogP contribution in [0.25, 0.3) is 0 Å². The number of hydrogen-bond donors (Lipinski definition) is 2. The highest BCUT2D eigenvalue weighted by atomic mass is 35.5. The minimum absolute atomic E-state index is 0.309. The van der Waals surface area contributed by atoms with Crippen LogP contribution in [0.1, 0.15) is 31.7 Å². The predicted octanol–water partition coefficient (Wildman–Crippen LogP) is 3.57. The van der Waals surface area contributed by atoms with E-state index in [0.717, 1.165) is 10.4 Å². The molecular formula is C15H14ClNO3S. The Hall–Kier alpha value is -1.85. The fraction of sp³-hybridized carbons (Fsp3) is 0.200. The Labute approximate surface area is 131 Å². The third-order valence-electron chi connectivity index (χ3n) is 3.13. The molecule has 0 fully saturated rings. The van der Waals surface area contributed by atoms with Crippen LogP contribution in [0.4, 0.5) is 0 Å². The molecule has 0 spiro atoms. The highest BCUT2D eigenvalue weighted by molar-refractivity contribution is 7.14. The molecule has 110 valence electrons. The molecule has 0 saturated carbocycles. The number of benzene rings is 1. The smallest absolute Gasteiger partial charge is 0.330 e. The molecule has 0 saturated heterocycles. The zero-order valence-electron chi connectivity index (χ0n) is 11.5. The average molecular weight is 324 g/mol. The fourth-order valence-corrected chi connectivity index (χ4v) is 3.05. The number of aliphatic carboxylic acids is 1. The Bertz CT molecular complexity index is 676. The molecule has 0 bridgehead atoms. The lowest BCUT2D eigenvalue weighted by Crippen LogP contribution is -2.33. The van der Waals surface area contributed by atoms with Gasteiger partial charge in [-0.05, 0) is 31.5 Å². The van der Waals surface area contributed by atoms with Crippen LogP contribution in [0.2, 0.25) is 5.02 Å². The molecule has 2 rings (SSSR count). The molecule has 0 aliphatic carbocycles. The summed E-state index contributed by atoms with van der Waals surface area (Å²) < 4.78 is 0. The molecule has 1 aromatic heterocycles. The Morgan fingerprint density at radius 2 is 1.95 bits per heavy atom. The van der Waals surface area contributed by atoms with E-state index in [-0.39, 0.29) is 0 Å². The summed E-state index contributed by atoms with van der Waals surface area (Å²) in [4.78, 5) is 25.1. The van der Waals surface area contributed by atoms with Crippen LogP contribution in [0.5, 0.6) is 0 Å². The second kappa shape index (κ2) is 6.28. The quantitative estimate of drug-likeness (QED) is 0.903. The first kappa shape index (κ1) is 15.5. The zero-order chi connectivity index (χ0) is 15.6. The van der Waals surface area contributed by atoms with Crippen molar-refractivity contribution in [1.82, 2.24) is 5.32 Å². The lowest BCUT2D eigenvalue weighted by molar-refractivity contribution is -0.139. The molecule has 0 radical (unpaired) electrons. The molecule has 1 amide bonds. The third-order valence-corrected chi connectivity index (χ3v) is 4.62. The lowest BCUT2D eigenvalue weighted by atomic mass is 10.1. The third kappa shape index (κ3) is 3.43. The van der Waals surface area contributed by atoms with Crippen molar-refractivity contribution in [2.24, 2.45) is 0 Å². The van der Waals surface area contributed by atoms with Gasteiger partial charge in [0, 0.05) is 15.5 Å². The van der Waals surface area contributed by atoms with Crippen molar-refractivity contribution < 1.29 is 14.7 Å². The van der Waals surface area contributed by atoms with E-state index >= 15 is 0 Å². The SMILES string of the molecule is Cc1cc(C(=O)N[C@@H](C(=O)O)c2ccccc2Cl)sc1C. The van der Waals surface area contributed by atoms with Gasteiger partial charge in [0.05, 0.1) is 4.88 Å². The number of amides is 1. The van der Waals surface area contributed by atoms with Crippen molar-refractivity contribution in [3.63, 3.8) is 0 Å². The zero-order valence-corrected chi connectivity index (χ0v) is 13.1. The van der Waals surface area contributed by atoms with Crippen molar-refractivity contribution in [2.45, 2.75) is 19.9 Å². The standard InChI is InChI=1S/C15H14ClNO3S/c1-8-7-12(21-9(8)2)14(18)17-13(15(19)20)10-5-3-4-6-11(10)16/h3-7,13H,1-2H3,(H,17,18)(H,19,20)/t13-/m1/s1. The van der Waals surface area contributed by atoms with Gasteiger partial charge in [-0.3, -0.25) is 4.79 Å². The highest BCUT2D eigenvalue weighted by Gasteiger charge is 2.25. The molecular weight excluding hydrogens is 310 g/mol. The van der Waals surface area contributed by atoms with Crippen LogP contribution in [0.15, 0.2) is 30.3 Å². The van der Waals surface area contributed by atoms with Crippen LogP contribution >= 0.6 is 22.9 Å². The first-order valence-corrected chi connectivity index (χ1v) is 7.44. The molecule has 1 aromatic carbocycles. The summed E-state index contributed by atoms with van der Waals surface area (Å²) in [7, 11) is 0. The Balaban J connectivity index is 2.27. The van der Waals surface area contributed by atoms with E-state index in [9.17, 15) is 14.7 Å². The van der Waals surface area contributed by atoms with Gasteiger partial charge in [-0.25, -0.2) is 4.79 Å². The summed E-state index contributed by atoms with van der Waals surface area (Å²) in [6, 6.07) is 7.15. The molecule has 6 heteroatoms. The van der Waals surface area contributed by atoms with Gasteiger partial charge in [0.2, 0.25) is 0 Å². The van der Waals surface area contributed by atoms with Gasteiger partial charge in [-0.2, -0.15) is 0 Å². The van der Waals surface area contributed by atoms with E-state index in [2.05, 4.69) is 5.32 Å². The second-order valence-corrected chi connectivity index (χ2v) is 6.28. The van der Waals surface area contributed by atoms with Gasteiger partial charge >= 0.3 is 5.97 Å². The van der Waals surface area contributed by atoms with Gasteiger partial charge in [0.25, 0.3) is 5.91 Å². The molecule has 0 aliphatic rings. The van der Waals surface area contributed by atoms with E-state index in [4.69, 9.17) is 11.6 Å². The normalized spacial score (nSPS) is 12.0. The summed E-state index contributed by atoms with van der Waals surface area (Å²) in [5.41, 5.74) is 1.37. The maximum absolute atomic E-state index is 12.2. The molecule has 1 atom stereocenters. The number of hydrogen-bond acceptors (Lipinski definition) is 3. The minimum atomic E-state index is -1.17. The van der Waals surface area contributed by atoms with Crippen molar-refractivity contribution in [3.8, 4) is 0 Å². The number of carbonyl (C=O) groups excluding carboxylic acids is 1. The highest BCUT2D eigenvalue weighted by Crippen LogP contribution is 2.25. The van der Waals surface area contributed by atoms with Crippen molar-refractivity contribution in [3.05, 3.63) is 56.2 Å². The number of carboxylic acids is 1.